The van der Waals surface area contributed by atoms with E-state index in [-0.39, 0.29) is 6.61 Å². The van der Waals surface area contributed by atoms with E-state index in [1.807, 2.05) is 0 Å². The zero-order valence-corrected chi connectivity index (χ0v) is 11.2. The number of carboxylic acids is 1. The van der Waals surface area contributed by atoms with Gasteiger partial charge in [-0.2, -0.15) is 0 Å². The number of hydrogen-bond acceptors (Lipinski definition) is 10. The zero-order valence-electron chi connectivity index (χ0n) is 11.2. The summed E-state index contributed by atoms with van der Waals surface area (Å²) in [5, 5.41) is 66.5. The predicted octanol–water partition coefficient (Wildman–Crippen LogP) is -4.67. The highest BCUT2D eigenvalue weighted by molar-refractivity contribution is 5.73. The second-order valence-corrected chi connectivity index (χ2v) is 5.12. The van der Waals surface area contributed by atoms with Gasteiger partial charge in [0, 0.05) is 0 Å². The van der Waals surface area contributed by atoms with Crippen molar-refractivity contribution in [2.75, 3.05) is 6.61 Å². The highest BCUT2D eigenvalue weighted by Gasteiger charge is 2.50. The first-order valence-electron chi connectivity index (χ1n) is 6.47. The van der Waals surface area contributed by atoms with Crippen molar-refractivity contribution in [1.29, 1.82) is 0 Å². The number of hydrogen-bond donors (Lipinski definition) is 7. The van der Waals surface area contributed by atoms with Crippen molar-refractivity contribution in [2.45, 2.75) is 55.3 Å². The van der Waals surface area contributed by atoms with Gasteiger partial charge in [0.25, 0.3) is 0 Å². The van der Waals surface area contributed by atoms with E-state index in [1.165, 1.54) is 0 Å². The summed E-state index contributed by atoms with van der Waals surface area (Å²) in [5.41, 5.74) is 0. The third kappa shape index (κ3) is 3.22. The van der Waals surface area contributed by atoms with Crippen LogP contribution in [0.3, 0.4) is 0 Å². The standard InChI is InChI=1S/C11H18O11/c12-2-1-20-10(19)6(16)7(2)21-11-5(15)3(13)4(14)8(22-11)9(17)18/h2-8,10-16,19H,1H2,(H,17,18)/t2-,3+,4+,5-,6-,7+,8+,10?,11-/m1/s1. The summed E-state index contributed by atoms with van der Waals surface area (Å²) in [6, 6.07) is 0. The van der Waals surface area contributed by atoms with Gasteiger partial charge in [-0.15, -0.1) is 0 Å². The van der Waals surface area contributed by atoms with E-state index in [1.54, 1.807) is 0 Å². The van der Waals surface area contributed by atoms with Crippen molar-refractivity contribution in [2.24, 2.45) is 0 Å². The van der Waals surface area contributed by atoms with Crippen molar-refractivity contribution in [3.63, 3.8) is 0 Å². The first kappa shape index (κ1) is 17.5. The van der Waals surface area contributed by atoms with Gasteiger partial charge in [0.15, 0.2) is 18.7 Å². The Labute approximate surface area is 123 Å². The van der Waals surface area contributed by atoms with Crippen LogP contribution in [0.15, 0.2) is 0 Å². The Morgan fingerprint density at radius 3 is 2.18 bits per heavy atom. The molecule has 0 aromatic heterocycles. The minimum atomic E-state index is -1.89. The lowest BCUT2D eigenvalue weighted by molar-refractivity contribution is -0.340. The Hall–Kier alpha value is -0.890. The third-order valence-electron chi connectivity index (χ3n) is 3.55. The number of carbonyl (C=O) groups is 1. The quantitative estimate of drug-likeness (QED) is 0.264. The van der Waals surface area contributed by atoms with Crippen LogP contribution < -0.4 is 0 Å². The molecule has 2 aliphatic heterocycles. The molecule has 0 spiro atoms. The molecule has 11 nitrogen and oxygen atoms in total. The third-order valence-corrected chi connectivity index (χ3v) is 3.55. The minimum Gasteiger partial charge on any atom is -0.479 e. The molecule has 0 radical (unpaired) electrons. The topological polar surface area (TPSA) is 186 Å². The Balaban J connectivity index is 2.11. The summed E-state index contributed by atoms with van der Waals surface area (Å²) in [5.74, 6) is -1.60. The molecule has 0 bridgehead atoms. The summed E-state index contributed by atoms with van der Waals surface area (Å²) in [6.07, 6.45) is -15.4. The summed E-state index contributed by atoms with van der Waals surface area (Å²) < 4.78 is 14.6. The van der Waals surface area contributed by atoms with E-state index in [9.17, 15) is 35.4 Å². The van der Waals surface area contributed by atoms with Gasteiger partial charge in [-0.1, -0.05) is 0 Å². The van der Waals surface area contributed by atoms with E-state index >= 15 is 0 Å². The van der Waals surface area contributed by atoms with Crippen molar-refractivity contribution in [1.82, 2.24) is 0 Å². The van der Waals surface area contributed by atoms with E-state index in [0.717, 1.165) is 0 Å². The fourth-order valence-corrected chi connectivity index (χ4v) is 2.27. The minimum absolute atomic E-state index is 0.376. The average molecular weight is 326 g/mol. The van der Waals surface area contributed by atoms with Gasteiger partial charge in [-0.25, -0.2) is 4.79 Å². The van der Waals surface area contributed by atoms with Gasteiger partial charge in [0.2, 0.25) is 0 Å². The average Bonchev–Trinajstić information content (AvgIpc) is 2.47. The van der Waals surface area contributed by atoms with Crippen LogP contribution >= 0.6 is 0 Å². The molecule has 7 N–H and O–H groups in total. The summed E-state index contributed by atoms with van der Waals surface area (Å²) in [7, 11) is 0. The van der Waals surface area contributed by atoms with Crippen molar-refractivity contribution < 1.29 is 54.8 Å². The number of aliphatic carboxylic acids is 1. The van der Waals surface area contributed by atoms with Crippen LogP contribution in [0, 0.1) is 0 Å². The van der Waals surface area contributed by atoms with Gasteiger partial charge in [-0.05, 0) is 0 Å². The molecular weight excluding hydrogens is 308 g/mol. The van der Waals surface area contributed by atoms with Gasteiger partial charge in [-0.3, -0.25) is 0 Å². The van der Waals surface area contributed by atoms with Crippen molar-refractivity contribution in [3.05, 3.63) is 0 Å². The Kier molecular flexibility index (Phi) is 5.32. The van der Waals surface area contributed by atoms with Crippen LogP contribution in [0.1, 0.15) is 0 Å². The fourth-order valence-electron chi connectivity index (χ4n) is 2.27. The van der Waals surface area contributed by atoms with Crippen LogP contribution in [0.25, 0.3) is 0 Å². The summed E-state index contributed by atoms with van der Waals surface area (Å²) in [4.78, 5) is 10.9. The molecule has 2 aliphatic rings. The van der Waals surface area contributed by atoms with Crippen LogP contribution in [0.4, 0.5) is 0 Å². The van der Waals surface area contributed by atoms with E-state index in [2.05, 4.69) is 4.74 Å². The first-order valence-corrected chi connectivity index (χ1v) is 6.47. The molecule has 0 aromatic carbocycles. The lowest BCUT2D eigenvalue weighted by Gasteiger charge is -2.42. The molecule has 128 valence electrons. The maximum Gasteiger partial charge on any atom is 0.335 e. The number of aliphatic hydroxyl groups is 6. The normalized spacial score (nSPS) is 49.8. The first-order chi connectivity index (χ1) is 10.2. The predicted molar refractivity (Wildman–Crippen MR) is 63.2 cm³/mol. The lowest BCUT2D eigenvalue weighted by atomic mass is 9.98. The number of ether oxygens (including phenoxy) is 3. The zero-order chi connectivity index (χ0) is 16.6. The van der Waals surface area contributed by atoms with E-state index in [0.29, 0.717) is 0 Å². The maximum atomic E-state index is 10.9. The molecule has 0 saturated carbocycles. The van der Waals surface area contributed by atoms with Gasteiger partial charge < -0.3 is 50.0 Å². The molecule has 0 aliphatic carbocycles. The molecule has 2 heterocycles. The number of rotatable bonds is 3. The number of aliphatic hydroxyl groups excluding tert-OH is 6. The largest absolute Gasteiger partial charge is 0.479 e. The molecule has 1 unspecified atom stereocenters. The van der Waals surface area contributed by atoms with Crippen LogP contribution in [0.5, 0.6) is 0 Å². The van der Waals surface area contributed by atoms with Crippen LogP contribution in [-0.4, -0.2) is 104 Å². The second-order valence-electron chi connectivity index (χ2n) is 5.12. The van der Waals surface area contributed by atoms with Crippen LogP contribution in [0.2, 0.25) is 0 Å². The van der Waals surface area contributed by atoms with Gasteiger partial charge in [0.05, 0.1) is 6.61 Å². The van der Waals surface area contributed by atoms with Gasteiger partial charge in [0.1, 0.15) is 36.6 Å². The number of carboxylic acid groups (broad SMARTS) is 1. The molecule has 22 heavy (non-hydrogen) atoms. The monoisotopic (exact) mass is 326 g/mol. The van der Waals surface area contributed by atoms with E-state index < -0.39 is 61.3 Å². The molecular formula is C11H18O11. The van der Waals surface area contributed by atoms with E-state index in [4.69, 9.17) is 14.6 Å². The van der Waals surface area contributed by atoms with Crippen LogP contribution in [-0.2, 0) is 19.0 Å². The molecule has 2 rings (SSSR count). The lowest BCUT2D eigenvalue weighted by Crippen LogP contribution is -2.63. The molecule has 0 aromatic rings. The highest BCUT2D eigenvalue weighted by Crippen LogP contribution is 2.26. The molecule has 2 fully saturated rings. The van der Waals surface area contributed by atoms with Crippen molar-refractivity contribution >= 4 is 5.97 Å². The highest BCUT2D eigenvalue weighted by atomic mass is 16.7. The summed E-state index contributed by atoms with van der Waals surface area (Å²) in [6.45, 7) is -0.376. The Bertz CT molecular complexity index is 403. The molecule has 11 heteroatoms. The van der Waals surface area contributed by atoms with Crippen molar-refractivity contribution in [3.8, 4) is 0 Å². The smallest absolute Gasteiger partial charge is 0.335 e. The molecule has 0 amide bonds. The maximum absolute atomic E-state index is 10.9. The van der Waals surface area contributed by atoms with Gasteiger partial charge >= 0.3 is 5.97 Å². The molecule has 2 saturated heterocycles. The Morgan fingerprint density at radius 2 is 1.59 bits per heavy atom. The SMILES string of the molecule is O=C(O)[C@H]1O[C@@H](O[C@H]2[C@H](O)COC(O)[C@@H]2O)[C@H](O)[C@@H](O)[C@@H]1O. The summed E-state index contributed by atoms with van der Waals surface area (Å²) >= 11 is 0. The second kappa shape index (κ2) is 6.70. The fraction of sp³-hybridized carbons (Fsp3) is 0.909. The molecule has 9 atom stereocenters. The Morgan fingerprint density at radius 1 is 0.955 bits per heavy atom.